The van der Waals surface area contributed by atoms with E-state index in [0.29, 0.717) is 5.92 Å². The van der Waals surface area contributed by atoms with Gasteiger partial charge in [-0.15, -0.1) is 0 Å². The summed E-state index contributed by atoms with van der Waals surface area (Å²) >= 11 is 0. The second kappa shape index (κ2) is 5.17. The largest absolute Gasteiger partial charge is 0.399 e. The third-order valence-corrected chi connectivity index (χ3v) is 2.67. The first-order valence-corrected chi connectivity index (χ1v) is 6.25. The average Bonchev–Trinajstić information content (AvgIpc) is 2.27. The van der Waals surface area contributed by atoms with Crippen molar-refractivity contribution in [1.82, 2.24) is 9.97 Å². The zero-order valence-electron chi connectivity index (χ0n) is 11.1. The molecule has 0 aliphatic rings. The Labute approximate surface area is 108 Å². The highest BCUT2D eigenvalue weighted by Gasteiger charge is 2.06. The Hall–Kier alpha value is -1.90. The molecule has 0 spiro atoms. The van der Waals surface area contributed by atoms with E-state index in [1.807, 2.05) is 31.2 Å². The van der Waals surface area contributed by atoms with Crippen molar-refractivity contribution in [3.63, 3.8) is 0 Å². The van der Waals surface area contributed by atoms with Crippen LogP contribution in [-0.4, -0.2) is 9.97 Å². The Morgan fingerprint density at radius 2 is 1.94 bits per heavy atom. The standard InChI is InChI=1S/C15H19N3/c1-10(2)7-14-8-11(3)17-15(18-14)12-5-4-6-13(16)9-12/h4-6,8-10H,7,16H2,1-3H3. The van der Waals surface area contributed by atoms with E-state index in [4.69, 9.17) is 5.73 Å². The fraction of sp³-hybridized carbons (Fsp3) is 0.333. The molecule has 2 N–H and O–H groups in total. The van der Waals surface area contributed by atoms with E-state index >= 15 is 0 Å². The van der Waals surface area contributed by atoms with Crippen LogP contribution in [0, 0.1) is 12.8 Å². The Morgan fingerprint density at radius 3 is 2.61 bits per heavy atom. The number of aromatic nitrogens is 2. The summed E-state index contributed by atoms with van der Waals surface area (Å²) in [6.07, 6.45) is 0.971. The van der Waals surface area contributed by atoms with Crippen molar-refractivity contribution in [2.45, 2.75) is 27.2 Å². The lowest BCUT2D eigenvalue weighted by Gasteiger charge is -2.08. The zero-order chi connectivity index (χ0) is 13.1. The number of nitrogens with zero attached hydrogens (tertiary/aromatic N) is 2. The maximum absolute atomic E-state index is 5.80. The molecule has 0 bridgehead atoms. The molecule has 2 rings (SSSR count). The van der Waals surface area contributed by atoms with Gasteiger partial charge in [0.25, 0.3) is 0 Å². The van der Waals surface area contributed by atoms with Crippen LogP contribution in [0.5, 0.6) is 0 Å². The van der Waals surface area contributed by atoms with Crippen LogP contribution in [0.4, 0.5) is 5.69 Å². The van der Waals surface area contributed by atoms with Gasteiger partial charge in [-0.1, -0.05) is 26.0 Å². The minimum absolute atomic E-state index is 0.591. The molecule has 3 nitrogen and oxygen atoms in total. The first kappa shape index (κ1) is 12.6. The molecular formula is C15H19N3. The van der Waals surface area contributed by atoms with Gasteiger partial charge in [-0.25, -0.2) is 9.97 Å². The van der Waals surface area contributed by atoms with Gasteiger partial charge in [0.05, 0.1) is 0 Å². The van der Waals surface area contributed by atoms with Gasteiger partial charge in [-0.2, -0.15) is 0 Å². The summed E-state index contributed by atoms with van der Waals surface area (Å²) in [7, 11) is 0. The Morgan fingerprint density at radius 1 is 1.17 bits per heavy atom. The number of hydrogen-bond donors (Lipinski definition) is 1. The number of nitrogen functional groups attached to an aromatic ring is 1. The second-order valence-electron chi connectivity index (χ2n) is 5.05. The predicted molar refractivity (Wildman–Crippen MR) is 75.2 cm³/mol. The summed E-state index contributed by atoms with van der Waals surface area (Å²) in [5.41, 5.74) is 9.60. The highest BCUT2D eigenvalue weighted by molar-refractivity contribution is 5.61. The molecule has 0 aliphatic heterocycles. The molecular weight excluding hydrogens is 222 g/mol. The van der Waals surface area contributed by atoms with Gasteiger partial charge in [-0.3, -0.25) is 0 Å². The van der Waals surface area contributed by atoms with Crippen LogP contribution in [0.25, 0.3) is 11.4 Å². The van der Waals surface area contributed by atoms with Crippen LogP contribution in [-0.2, 0) is 6.42 Å². The van der Waals surface area contributed by atoms with Crippen molar-refractivity contribution >= 4 is 5.69 Å². The fourth-order valence-electron chi connectivity index (χ4n) is 1.96. The van der Waals surface area contributed by atoms with Crippen molar-refractivity contribution in [2.24, 2.45) is 5.92 Å². The van der Waals surface area contributed by atoms with E-state index < -0.39 is 0 Å². The Balaban J connectivity index is 2.41. The number of anilines is 1. The lowest BCUT2D eigenvalue weighted by molar-refractivity contribution is 0.634. The van der Waals surface area contributed by atoms with Crippen LogP contribution < -0.4 is 5.73 Å². The van der Waals surface area contributed by atoms with Crippen LogP contribution in [0.3, 0.4) is 0 Å². The first-order valence-electron chi connectivity index (χ1n) is 6.25. The third-order valence-electron chi connectivity index (χ3n) is 2.67. The molecule has 0 radical (unpaired) electrons. The Kier molecular flexibility index (Phi) is 3.60. The molecule has 0 atom stereocenters. The summed E-state index contributed by atoms with van der Waals surface area (Å²) < 4.78 is 0. The topological polar surface area (TPSA) is 51.8 Å². The van der Waals surface area contributed by atoms with E-state index in [9.17, 15) is 0 Å². The van der Waals surface area contributed by atoms with Gasteiger partial charge < -0.3 is 5.73 Å². The fourth-order valence-corrected chi connectivity index (χ4v) is 1.96. The molecule has 3 heteroatoms. The van der Waals surface area contributed by atoms with Gasteiger partial charge in [0.2, 0.25) is 0 Å². The number of aryl methyl sites for hydroxylation is 1. The van der Waals surface area contributed by atoms with Crippen molar-refractivity contribution in [3.8, 4) is 11.4 Å². The minimum Gasteiger partial charge on any atom is -0.399 e. The SMILES string of the molecule is Cc1cc(CC(C)C)nc(-c2cccc(N)c2)n1. The van der Waals surface area contributed by atoms with Crippen LogP contribution in [0.2, 0.25) is 0 Å². The summed E-state index contributed by atoms with van der Waals surface area (Å²) in [5, 5.41) is 0. The molecule has 2 aromatic rings. The van der Waals surface area contributed by atoms with E-state index in [1.54, 1.807) is 0 Å². The van der Waals surface area contributed by atoms with Gasteiger partial charge in [0.15, 0.2) is 5.82 Å². The van der Waals surface area contributed by atoms with E-state index in [0.717, 1.165) is 34.9 Å². The van der Waals surface area contributed by atoms with Crippen molar-refractivity contribution in [1.29, 1.82) is 0 Å². The molecule has 1 aromatic heterocycles. The van der Waals surface area contributed by atoms with E-state index in [-0.39, 0.29) is 0 Å². The number of hydrogen-bond acceptors (Lipinski definition) is 3. The third kappa shape index (κ3) is 3.06. The van der Waals surface area contributed by atoms with Crippen molar-refractivity contribution < 1.29 is 0 Å². The lowest BCUT2D eigenvalue weighted by atomic mass is 10.1. The lowest BCUT2D eigenvalue weighted by Crippen LogP contribution is -2.02. The number of rotatable bonds is 3. The summed E-state index contributed by atoms with van der Waals surface area (Å²) in [6.45, 7) is 6.39. The van der Waals surface area contributed by atoms with Gasteiger partial charge >= 0.3 is 0 Å². The quantitative estimate of drug-likeness (QED) is 0.839. The molecule has 18 heavy (non-hydrogen) atoms. The van der Waals surface area contributed by atoms with Crippen molar-refractivity contribution in [2.75, 3.05) is 5.73 Å². The first-order chi connectivity index (χ1) is 8.54. The predicted octanol–water partition coefficient (Wildman–Crippen LogP) is 3.23. The average molecular weight is 241 g/mol. The molecule has 0 aliphatic carbocycles. The molecule has 1 aromatic carbocycles. The van der Waals surface area contributed by atoms with Crippen LogP contribution in [0.1, 0.15) is 25.2 Å². The number of nitrogens with two attached hydrogens (primary N) is 1. The van der Waals surface area contributed by atoms with Crippen LogP contribution >= 0.6 is 0 Å². The molecule has 0 saturated heterocycles. The maximum atomic E-state index is 5.80. The van der Waals surface area contributed by atoms with E-state index in [1.165, 1.54) is 0 Å². The van der Waals surface area contributed by atoms with E-state index in [2.05, 4.69) is 29.9 Å². The molecule has 0 saturated carbocycles. The molecule has 1 heterocycles. The zero-order valence-corrected chi connectivity index (χ0v) is 11.1. The molecule has 94 valence electrons. The van der Waals surface area contributed by atoms with Gasteiger partial charge in [-0.05, 0) is 37.5 Å². The highest BCUT2D eigenvalue weighted by Crippen LogP contribution is 2.19. The summed E-state index contributed by atoms with van der Waals surface area (Å²) in [5.74, 6) is 1.35. The monoisotopic (exact) mass is 241 g/mol. The molecule has 0 amide bonds. The summed E-state index contributed by atoms with van der Waals surface area (Å²) in [4.78, 5) is 9.10. The molecule has 0 unspecified atom stereocenters. The molecule has 0 fully saturated rings. The maximum Gasteiger partial charge on any atom is 0.159 e. The smallest absolute Gasteiger partial charge is 0.159 e. The number of benzene rings is 1. The van der Waals surface area contributed by atoms with Gasteiger partial charge in [0, 0.05) is 22.6 Å². The van der Waals surface area contributed by atoms with Crippen molar-refractivity contribution in [3.05, 3.63) is 41.7 Å². The normalized spacial score (nSPS) is 10.9. The van der Waals surface area contributed by atoms with Gasteiger partial charge in [0.1, 0.15) is 0 Å². The highest BCUT2D eigenvalue weighted by atomic mass is 14.9. The second-order valence-corrected chi connectivity index (χ2v) is 5.05. The minimum atomic E-state index is 0.591. The van der Waals surface area contributed by atoms with Crippen LogP contribution in [0.15, 0.2) is 30.3 Å². The Bertz CT molecular complexity index is 547. The summed E-state index contributed by atoms with van der Waals surface area (Å²) in [6, 6.07) is 9.75.